The lowest BCUT2D eigenvalue weighted by molar-refractivity contribution is -0.423. The molecule has 8 heteroatoms. The first-order chi connectivity index (χ1) is 7.85. The van der Waals surface area contributed by atoms with Gasteiger partial charge in [-0.25, -0.2) is 9.59 Å². The Kier molecular flexibility index (Phi) is 4.94. The van der Waals surface area contributed by atoms with E-state index < -0.39 is 23.4 Å². The monoisotopic (exact) mass is 264 g/mol. The molecule has 0 aromatic rings. The minimum absolute atomic E-state index is 0.818. The second-order valence-electron chi connectivity index (χ2n) is 5.60. The highest BCUT2D eigenvalue weighted by molar-refractivity contribution is 5.57. The predicted octanol–water partition coefficient (Wildman–Crippen LogP) is 2.32. The summed E-state index contributed by atoms with van der Waals surface area (Å²) in [6.45, 7) is 9.92. The summed E-state index contributed by atoms with van der Waals surface area (Å²) in [4.78, 5) is 30.5. The maximum Gasteiger partial charge on any atom is 0.526 e. The molecule has 2 N–H and O–H groups in total. The molecule has 0 rings (SSSR count). The number of hydrogen-bond acceptors (Lipinski definition) is 6. The molecule has 0 heterocycles. The van der Waals surface area contributed by atoms with Gasteiger partial charge in [0.15, 0.2) is 0 Å². The van der Waals surface area contributed by atoms with Gasteiger partial charge in [0.2, 0.25) is 0 Å². The molecule has 0 saturated heterocycles. The van der Waals surface area contributed by atoms with Gasteiger partial charge in [-0.1, -0.05) is 0 Å². The molecule has 0 radical (unpaired) electrons. The number of carboxylic acid groups (broad SMARTS) is 2. The van der Waals surface area contributed by atoms with E-state index in [9.17, 15) is 9.59 Å². The third-order valence-electron chi connectivity index (χ3n) is 1.64. The zero-order valence-corrected chi connectivity index (χ0v) is 11.4. The predicted molar refractivity (Wildman–Crippen MR) is 61.4 cm³/mol. The Hall–Kier alpha value is -1.54. The molecule has 0 amide bonds. The molecule has 106 valence electrons. The molecular weight excluding hydrogens is 244 g/mol. The van der Waals surface area contributed by atoms with Crippen molar-refractivity contribution in [2.45, 2.75) is 52.6 Å². The van der Waals surface area contributed by atoms with Gasteiger partial charge in [0.1, 0.15) is 0 Å². The fraction of sp³-hybridized carbons (Fsp3) is 0.800. The average molecular weight is 264 g/mol. The van der Waals surface area contributed by atoms with Crippen LogP contribution in [0.3, 0.4) is 0 Å². The minimum atomic E-state index is -1.56. The van der Waals surface area contributed by atoms with Crippen LogP contribution in [0.4, 0.5) is 9.59 Å². The van der Waals surface area contributed by atoms with Gasteiger partial charge in [0.25, 0.3) is 0 Å². The zero-order valence-electron chi connectivity index (χ0n) is 11.4. The maximum atomic E-state index is 10.7. The lowest BCUT2D eigenvalue weighted by Gasteiger charge is -2.43. The first-order valence-electron chi connectivity index (χ1n) is 5.28. The highest BCUT2D eigenvalue weighted by atomic mass is 16.9. The van der Waals surface area contributed by atoms with Crippen LogP contribution in [0.2, 0.25) is 0 Å². The summed E-state index contributed by atoms with van der Waals surface area (Å²) in [7, 11) is 0. The summed E-state index contributed by atoms with van der Waals surface area (Å²) in [6, 6.07) is 0. The van der Waals surface area contributed by atoms with E-state index in [0.29, 0.717) is 0 Å². The molecule has 18 heavy (non-hydrogen) atoms. The Morgan fingerprint density at radius 2 is 1.00 bits per heavy atom. The summed E-state index contributed by atoms with van der Waals surface area (Å²) >= 11 is 0. The van der Waals surface area contributed by atoms with Crippen LogP contribution >= 0.6 is 0 Å². The van der Waals surface area contributed by atoms with E-state index in [1.54, 1.807) is 41.5 Å². The fourth-order valence-electron chi connectivity index (χ4n) is 1.04. The number of rotatable bonds is 3. The third kappa shape index (κ3) is 5.19. The van der Waals surface area contributed by atoms with E-state index in [0.717, 1.165) is 10.3 Å². The van der Waals surface area contributed by atoms with Crippen LogP contribution in [0, 0.1) is 0 Å². The molecule has 0 aliphatic carbocycles. The van der Waals surface area contributed by atoms with Crippen molar-refractivity contribution < 1.29 is 29.5 Å². The smallest absolute Gasteiger partial charge is 0.448 e. The van der Waals surface area contributed by atoms with Gasteiger partial charge in [-0.15, -0.1) is 0 Å². The fourth-order valence-corrected chi connectivity index (χ4v) is 1.04. The maximum absolute atomic E-state index is 10.7. The summed E-state index contributed by atoms with van der Waals surface area (Å²) in [5, 5.41) is 19.1. The Labute approximate surface area is 106 Å². The van der Waals surface area contributed by atoms with Crippen molar-refractivity contribution in [2.75, 3.05) is 0 Å². The number of hydroxylamine groups is 2. The van der Waals surface area contributed by atoms with Gasteiger partial charge in [-0.3, -0.25) is 0 Å². The van der Waals surface area contributed by atoms with Crippen molar-refractivity contribution in [2.24, 2.45) is 0 Å². The summed E-state index contributed by atoms with van der Waals surface area (Å²) in [6.07, 6.45) is -3.12. The number of nitrogens with zero attached hydrogens (tertiary/aromatic N) is 2. The van der Waals surface area contributed by atoms with Crippen LogP contribution in [-0.4, -0.2) is 43.9 Å². The molecule has 0 fully saturated rings. The molecule has 0 aliphatic heterocycles. The number of hydrazine groups is 1. The summed E-state index contributed by atoms with van der Waals surface area (Å²) in [5.41, 5.74) is -1.64. The molecule has 0 saturated carbocycles. The lowest BCUT2D eigenvalue weighted by Crippen LogP contribution is -2.60. The molecular formula is C10H20N2O6. The van der Waals surface area contributed by atoms with Crippen molar-refractivity contribution in [3.8, 4) is 0 Å². The molecule has 0 aromatic heterocycles. The largest absolute Gasteiger partial charge is 0.526 e. The number of hydrogen-bond donors (Lipinski definition) is 2. The molecule has 0 spiro atoms. The normalized spacial score (nSPS) is 12.7. The molecule has 0 unspecified atom stereocenters. The Bertz CT molecular complexity index is 285. The molecule has 0 aromatic carbocycles. The second kappa shape index (κ2) is 5.40. The highest BCUT2D eigenvalue weighted by Gasteiger charge is 2.40. The summed E-state index contributed by atoms with van der Waals surface area (Å²) < 4.78 is 0. The standard InChI is InChI=1S/C10H20N2O6/c1-9(2,3)11(17-7(13)14)12(10(4,5)6)18-8(15)16/h1-6H3,(H,13,14)(H,15,16). The third-order valence-corrected chi connectivity index (χ3v) is 1.64. The second-order valence-corrected chi connectivity index (χ2v) is 5.60. The van der Waals surface area contributed by atoms with Crippen molar-refractivity contribution in [1.82, 2.24) is 10.3 Å². The molecule has 8 nitrogen and oxygen atoms in total. The Morgan fingerprint density at radius 3 is 1.11 bits per heavy atom. The van der Waals surface area contributed by atoms with Gasteiger partial charge in [0, 0.05) is 0 Å². The van der Waals surface area contributed by atoms with E-state index in [4.69, 9.17) is 10.2 Å². The topological polar surface area (TPSA) is 99.5 Å². The zero-order chi connectivity index (χ0) is 14.7. The van der Waals surface area contributed by atoms with Crippen molar-refractivity contribution in [3.63, 3.8) is 0 Å². The van der Waals surface area contributed by atoms with Crippen LogP contribution in [0.15, 0.2) is 0 Å². The van der Waals surface area contributed by atoms with Crippen LogP contribution < -0.4 is 0 Å². The summed E-state index contributed by atoms with van der Waals surface area (Å²) in [5.74, 6) is 0. The van der Waals surface area contributed by atoms with Crippen molar-refractivity contribution >= 4 is 12.3 Å². The first kappa shape index (κ1) is 16.5. The van der Waals surface area contributed by atoms with Crippen LogP contribution in [0.5, 0.6) is 0 Å². The number of carbonyl (C=O) groups is 2. The van der Waals surface area contributed by atoms with Crippen LogP contribution in [-0.2, 0) is 9.68 Å². The van der Waals surface area contributed by atoms with Crippen molar-refractivity contribution in [3.05, 3.63) is 0 Å². The molecule has 0 bridgehead atoms. The van der Waals surface area contributed by atoms with Gasteiger partial charge in [0.05, 0.1) is 11.1 Å². The lowest BCUT2D eigenvalue weighted by atomic mass is 10.1. The van der Waals surface area contributed by atoms with E-state index in [1.165, 1.54) is 0 Å². The highest BCUT2D eigenvalue weighted by Crippen LogP contribution is 2.25. The molecule has 0 atom stereocenters. The average Bonchev–Trinajstić information content (AvgIpc) is 2.06. The molecule has 0 aliphatic rings. The van der Waals surface area contributed by atoms with Crippen LogP contribution in [0.25, 0.3) is 0 Å². The van der Waals surface area contributed by atoms with E-state index in [1.807, 2.05) is 0 Å². The Morgan fingerprint density at radius 1 is 0.778 bits per heavy atom. The minimum Gasteiger partial charge on any atom is -0.448 e. The quantitative estimate of drug-likeness (QED) is 0.749. The Balaban J connectivity index is 5.34. The first-order valence-corrected chi connectivity index (χ1v) is 5.28. The van der Waals surface area contributed by atoms with E-state index in [-0.39, 0.29) is 0 Å². The SMILES string of the molecule is CC(C)(C)N(OC(=O)O)N(OC(=O)O)C(C)(C)C. The van der Waals surface area contributed by atoms with Gasteiger partial charge in [-0.05, 0) is 51.9 Å². The van der Waals surface area contributed by atoms with E-state index in [2.05, 4.69) is 9.68 Å². The van der Waals surface area contributed by atoms with Gasteiger partial charge in [-0.2, -0.15) is 0 Å². The van der Waals surface area contributed by atoms with Crippen molar-refractivity contribution in [1.29, 1.82) is 0 Å². The van der Waals surface area contributed by atoms with Gasteiger partial charge < -0.3 is 19.9 Å². The van der Waals surface area contributed by atoms with E-state index >= 15 is 0 Å². The van der Waals surface area contributed by atoms with Gasteiger partial charge >= 0.3 is 12.3 Å². The van der Waals surface area contributed by atoms with Crippen LogP contribution in [0.1, 0.15) is 41.5 Å².